The molecular formula is C15H12ClNO4S. The zero-order chi connectivity index (χ0) is 16.2. The summed E-state index contributed by atoms with van der Waals surface area (Å²) in [5.74, 6) is -1.23. The van der Waals surface area contributed by atoms with E-state index in [1.807, 2.05) is 6.07 Å². The number of anilines is 1. The first-order valence-electron chi connectivity index (χ1n) is 6.16. The van der Waals surface area contributed by atoms with Gasteiger partial charge in [0.05, 0.1) is 16.0 Å². The summed E-state index contributed by atoms with van der Waals surface area (Å²) in [6.07, 6.45) is 1.44. The van der Waals surface area contributed by atoms with E-state index >= 15 is 0 Å². The molecule has 0 bridgehead atoms. The molecule has 0 atom stereocenters. The van der Waals surface area contributed by atoms with Gasteiger partial charge in [0.1, 0.15) is 0 Å². The van der Waals surface area contributed by atoms with Crippen molar-refractivity contribution in [3.05, 3.63) is 70.1 Å². The number of nitrogens with one attached hydrogen (secondary N) is 1. The summed E-state index contributed by atoms with van der Waals surface area (Å²) in [5, 5.41) is 10.0. The number of aromatic carboxylic acids is 1. The van der Waals surface area contributed by atoms with Gasteiger partial charge in [-0.15, -0.1) is 0 Å². The summed E-state index contributed by atoms with van der Waals surface area (Å²) in [6, 6.07) is 12.8. The predicted molar refractivity (Wildman–Crippen MR) is 86.4 cm³/mol. The van der Waals surface area contributed by atoms with Gasteiger partial charge in [0.2, 0.25) is 0 Å². The number of hydrogen-bond acceptors (Lipinski definition) is 3. The van der Waals surface area contributed by atoms with Crippen molar-refractivity contribution >= 4 is 39.4 Å². The second-order valence-electron chi connectivity index (χ2n) is 4.36. The number of sulfonamides is 1. The smallest absolute Gasteiger partial charge is 0.337 e. The van der Waals surface area contributed by atoms with Gasteiger partial charge in [-0.1, -0.05) is 41.9 Å². The lowest BCUT2D eigenvalue weighted by atomic mass is 10.2. The van der Waals surface area contributed by atoms with Crippen LogP contribution in [0.4, 0.5) is 5.69 Å². The fourth-order valence-electron chi connectivity index (χ4n) is 1.68. The molecule has 114 valence electrons. The van der Waals surface area contributed by atoms with Crippen molar-refractivity contribution in [3.63, 3.8) is 0 Å². The van der Waals surface area contributed by atoms with E-state index in [-0.39, 0.29) is 16.3 Å². The monoisotopic (exact) mass is 337 g/mol. The summed E-state index contributed by atoms with van der Waals surface area (Å²) in [5.41, 5.74) is 0.684. The molecule has 5 nitrogen and oxygen atoms in total. The minimum atomic E-state index is -3.75. The Bertz CT molecular complexity index is 817. The Hall–Kier alpha value is -2.31. The molecule has 7 heteroatoms. The Balaban J connectivity index is 2.20. The third kappa shape index (κ3) is 4.34. The summed E-state index contributed by atoms with van der Waals surface area (Å²) >= 11 is 5.73. The SMILES string of the molecule is O=C(O)c1cc(NS(=O)(=O)/C=C/c2ccccc2)ccc1Cl. The quantitative estimate of drug-likeness (QED) is 0.875. The average molecular weight is 338 g/mol. The van der Waals surface area contributed by atoms with Crippen molar-refractivity contribution < 1.29 is 18.3 Å². The van der Waals surface area contributed by atoms with E-state index in [1.165, 1.54) is 24.3 Å². The zero-order valence-electron chi connectivity index (χ0n) is 11.2. The van der Waals surface area contributed by atoms with Gasteiger partial charge in [0.25, 0.3) is 10.0 Å². The Kier molecular flexibility index (Phi) is 4.85. The molecule has 0 aliphatic carbocycles. The second kappa shape index (κ2) is 6.64. The largest absolute Gasteiger partial charge is 0.478 e. The van der Waals surface area contributed by atoms with Gasteiger partial charge in [0, 0.05) is 5.69 Å². The number of benzene rings is 2. The molecule has 0 saturated heterocycles. The molecule has 2 aromatic rings. The Morgan fingerprint density at radius 2 is 1.82 bits per heavy atom. The van der Waals surface area contributed by atoms with Gasteiger partial charge < -0.3 is 5.11 Å². The topological polar surface area (TPSA) is 83.5 Å². The molecular weight excluding hydrogens is 326 g/mol. The molecule has 2 aromatic carbocycles. The molecule has 0 aliphatic heterocycles. The highest BCUT2D eigenvalue weighted by Crippen LogP contribution is 2.21. The van der Waals surface area contributed by atoms with Crippen LogP contribution < -0.4 is 4.72 Å². The third-order valence-electron chi connectivity index (χ3n) is 2.70. The number of carbonyl (C=O) groups is 1. The van der Waals surface area contributed by atoms with Crippen LogP contribution >= 0.6 is 11.6 Å². The highest BCUT2D eigenvalue weighted by atomic mass is 35.5. The van der Waals surface area contributed by atoms with Gasteiger partial charge in [-0.3, -0.25) is 4.72 Å². The lowest BCUT2D eigenvalue weighted by Crippen LogP contribution is -2.09. The summed E-state index contributed by atoms with van der Waals surface area (Å²) in [6.45, 7) is 0. The molecule has 0 fully saturated rings. The fourth-order valence-corrected chi connectivity index (χ4v) is 2.74. The summed E-state index contributed by atoms with van der Waals surface area (Å²) in [7, 11) is -3.75. The number of carboxylic acid groups (broad SMARTS) is 1. The fraction of sp³-hybridized carbons (Fsp3) is 0. The van der Waals surface area contributed by atoms with Crippen molar-refractivity contribution in [3.8, 4) is 0 Å². The minimum absolute atomic E-state index is 0.0373. The maximum Gasteiger partial charge on any atom is 0.337 e. The van der Waals surface area contributed by atoms with Crippen LogP contribution in [0.5, 0.6) is 0 Å². The van der Waals surface area contributed by atoms with E-state index in [1.54, 1.807) is 24.3 Å². The van der Waals surface area contributed by atoms with Crippen LogP contribution in [0, 0.1) is 0 Å². The van der Waals surface area contributed by atoms with Crippen molar-refractivity contribution in [2.24, 2.45) is 0 Å². The normalized spacial score (nSPS) is 11.5. The van der Waals surface area contributed by atoms with Crippen LogP contribution in [0.1, 0.15) is 15.9 Å². The molecule has 0 aliphatic rings. The van der Waals surface area contributed by atoms with Crippen molar-refractivity contribution in [2.75, 3.05) is 4.72 Å². The van der Waals surface area contributed by atoms with Crippen LogP contribution in [-0.4, -0.2) is 19.5 Å². The lowest BCUT2D eigenvalue weighted by Gasteiger charge is -2.06. The maximum absolute atomic E-state index is 12.0. The predicted octanol–water partition coefficient (Wildman–Crippen LogP) is 3.45. The molecule has 0 saturated carbocycles. The number of carboxylic acids is 1. The van der Waals surface area contributed by atoms with E-state index < -0.39 is 16.0 Å². The van der Waals surface area contributed by atoms with Crippen LogP contribution in [-0.2, 0) is 10.0 Å². The molecule has 2 N–H and O–H groups in total. The molecule has 0 amide bonds. The Labute approximate surface area is 132 Å². The average Bonchev–Trinajstić information content (AvgIpc) is 2.48. The Morgan fingerprint density at radius 3 is 2.45 bits per heavy atom. The van der Waals surface area contributed by atoms with E-state index in [2.05, 4.69) is 4.72 Å². The summed E-state index contributed by atoms with van der Waals surface area (Å²) < 4.78 is 26.2. The molecule has 22 heavy (non-hydrogen) atoms. The van der Waals surface area contributed by atoms with Crippen molar-refractivity contribution in [2.45, 2.75) is 0 Å². The van der Waals surface area contributed by atoms with Crippen LogP contribution in [0.3, 0.4) is 0 Å². The van der Waals surface area contributed by atoms with Crippen LogP contribution in [0.15, 0.2) is 53.9 Å². The molecule has 0 radical (unpaired) electrons. The van der Waals surface area contributed by atoms with E-state index in [0.29, 0.717) is 0 Å². The molecule has 0 heterocycles. The van der Waals surface area contributed by atoms with Gasteiger partial charge in [-0.25, -0.2) is 13.2 Å². The van der Waals surface area contributed by atoms with Crippen molar-refractivity contribution in [1.29, 1.82) is 0 Å². The molecule has 0 aromatic heterocycles. The first kappa shape index (κ1) is 16.1. The molecule has 2 rings (SSSR count). The van der Waals surface area contributed by atoms with Crippen LogP contribution in [0.25, 0.3) is 6.08 Å². The van der Waals surface area contributed by atoms with Gasteiger partial charge >= 0.3 is 5.97 Å². The van der Waals surface area contributed by atoms with E-state index in [0.717, 1.165) is 11.0 Å². The number of rotatable bonds is 5. The van der Waals surface area contributed by atoms with Crippen molar-refractivity contribution in [1.82, 2.24) is 0 Å². The van der Waals surface area contributed by atoms with Gasteiger partial charge in [-0.2, -0.15) is 0 Å². The third-order valence-corrected chi connectivity index (χ3v) is 4.04. The highest BCUT2D eigenvalue weighted by molar-refractivity contribution is 7.95. The molecule has 0 unspecified atom stereocenters. The zero-order valence-corrected chi connectivity index (χ0v) is 12.8. The highest BCUT2D eigenvalue weighted by Gasteiger charge is 2.12. The van der Waals surface area contributed by atoms with Crippen LogP contribution in [0.2, 0.25) is 5.02 Å². The summed E-state index contributed by atoms with van der Waals surface area (Å²) in [4.78, 5) is 11.0. The standard InChI is InChI=1S/C15H12ClNO4S/c16-14-7-6-12(10-13(14)15(18)19)17-22(20,21)9-8-11-4-2-1-3-5-11/h1-10,17H,(H,18,19)/b9-8+. The number of hydrogen-bond donors (Lipinski definition) is 2. The maximum atomic E-state index is 12.0. The first-order chi connectivity index (χ1) is 10.4. The van der Waals surface area contributed by atoms with E-state index in [9.17, 15) is 13.2 Å². The second-order valence-corrected chi connectivity index (χ2v) is 6.33. The number of halogens is 1. The van der Waals surface area contributed by atoms with Gasteiger partial charge in [-0.05, 0) is 29.8 Å². The lowest BCUT2D eigenvalue weighted by molar-refractivity contribution is 0.0697. The first-order valence-corrected chi connectivity index (χ1v) is 8.08. The minimum Gasteiger partial charge on any atom is -0.478 e. The van der Waals surface area contributed by atoms with Gasteiger partial charge in [0.15, 0.2) is 0 Å². The Morgan fingerprint density at radius 1 is 1.14 bits per heavy atom. The molecule has 0 spiro atoms. The van der Waals surface area contributed by atoms with E-state index in [4.69, 9.17) is 16.7 Å².